The zero-order chi connectivity index (χ0) is 16.7. The molecular formula is C19H20ClN3O. The molecule has 0 saturated carbocycles. The van der Waals surface area contributed by atoms with Gasteiger partial charge in [0.1, 0.15) is 5.75 Å². The summed E-state index contributed by atoms with van der Waals surface area (Å²) in [6.07, 6.45) is 2.18. The highest BCUT2D eigenvalue weighted by Crippen LogP contribution is 2.39. The first-order chi connectivity index (χ1) is 11.6. The van der Waals surface area contributed by atoms with Gasteiger partial charge in [-0.25, -0.2) is 0 Å². The third-order valence-electron chi connectivity index (χ3n) is 4.85. The SMILES string of the molecule is CN1CCC(C2=Nc3cc(Cl)ccc3Nc3cc(O)ccc32)CC1. The predicted octanol–water partition coefficient (Wildman–Crippen LogP) is 4.57. The maximum Gasteiger partial charge on any atom is 0.117 e. The van der Waals surface area contributed by atoms with Crippen LogP contribution >= 0.6 is 11.6 Å². The molecule has 2 aromatic rings. The Morgan fingerprint density at radius 1 is 1.12 bits per heavy atom. The number of phenols is 1. The number of likely N-dealkylation sites (tertiary alicyclic amines) is 1. The van der Waals surface area contributed by atoms with E-state index in [1.807, 2.05) is 24.3 Å². The summed E-state index contributed by atoms with van der Waals surface area (Å²) in [5, 5.41) is 14.0. The molecule has 1 saturated heterocycles. The molecule has 0 aromatic heterocycles. The largest absolute Gasteiger partial charge is 0.508 e. The van der Waals surface area contributed by atoms with Gasteiger partial charge in [0.05, 0.1) is 22.8 Å². The van der Waals surface area contributed by atoms with Crippen molar-refractivity contribution in [3.05, 3.63) is 47.0 Å². The summed E-state index contributed by atoms with van der Waals surface area (Å²) in [5.74, 6) is 0.664. The number of benzene rings is 2. The molecule has 4 nitrogen and oxygen atoms in total. The van der Waals surface area contributed by atoms with Crippen molar-refractivity contribution in [2.45, 2.75) is 12.8 Å². The third-order valence-corrected chi connectivity index (χ3v) is 5.09. The first-order valence-corrected chi connectivity index (χ1v) is 8.65. The van der Waals surface area contributed by atoms with Crippen LogP contribution in [0.15, 0.2) is 41.4 Å². The van der Waals surface area contributed by atoms with Crippen LogP contribution in [0, 0.1) is 5.92 Å². The van der Waals surface area contributed by atoms with Crippen LogP contribution in [0.1, 0.15) is 18.4 Å². The highest BCUT2D eigenvalue weighted by molar-refractivity contribution is 6.31. The van der Waals surface area contributed by atoms with Gasteiger partial charge < -0.3 is 15.3 Å². The molecule has 1 fully saturated rings. The van der Waals surface area contributed by atoms with Crippen molar-refractivity contribution in [3.8, 4) is 5.75 Å². The first kappa shape index (κ1) is 15.5. The normalized spacial score (nSPS) is 18.2. The highest BCUT2D eigenvalue weighted by atomic mass is 35.5. The van der Waals surface area contributed by atoms with E-state index < -0.39 is 0 Å². The molecule has 2 heterocycles. The number of nitrogens with zero attached hydrogens (tertiary/aromatic N) is 2. The van der Waals surface area contributed by atoms with Crippen LogP contribution in [0.25, 0.3) is 0 Å². The van der Waals surface area contributed by atoms with Crippen LogP contribution in [-0.4, -0.2) is 35.9 Å². The lowest BCUT2D eigenvalue weighted by Gasteiger charge is -2.30. The quantitative estimate of drug-likeness (QED) is 0.799. The summed E-state index contributed by atoms with van der Waals surface area (Å²) in [4.78, 5) is 7.34. The molecule has 0 amide bonds. The Kier molecular flexibility index (Phi) is 3.94. The van der Waals surface area contributed by atoms with E-state index >= 15 is 0 Å². The van der Waals surface area contributed by atoms with E-state index in [1.165, 1.54) is 0 Å². The van der Waals surface area contributed by atoms with Crippen LogP contribution in [0.2, 0.25) is 5.02 Å². The lowest BCUT2D eigenvalue weighted by atomic mass is 9.87. The number of aromatic hydroxyl groups is 1. The molecule has 4 rings (SSSR count). The number of halogens is 1. The standard InChI is InChI=1S/C19H20ClN3O/c1-23-8-6-12(7-9-23)19-15-4-3-14(24)11-17(15)21-16-5-2-13(20)10-18(16)22-19/h2-5,10-12,21,24H,6-9H2,1H3. The molecule has 0 bridgehead atoms. The number of piperidine rings is 1. The maximum absolute atomic E-state index is 9.90. The van der Waals surface area contributed by atoms with Crippen molar-refractivity contribution < 1.29 is 5.11 Å². The smallest absolute Gasteiger partial charge is 0.117 e. The Labute approximate surface area is 146 Å². The number of nitrogens with one attached hydrogen (secondary N) is 1. The Morgan fingerprint density at radius 3 is 2.71 bits per heavy atom. The number of fused-ring (bicyclic) bond motifs is 2. The summed E-state index contributed by atoms with van der Waals surface area (Å²) in [5.41, 5.74) is 4.82. The van der Waals surface area contributed by atoms with Gasteiger partial charge in [-0.1, -0.05) is 11.6 Å². The number of anilines is 2. The fourth-order valence-corrected chi connectivity index (χ4v) is 3.66. The summed E-state index contributed by atoms with van der Waals surface area (Å²) >= 11 is 6.18. The zero-order valence-electron chi connectivity index (χ0n) is 13.6. The minimum atomic E-state index is 0.251. The summed E-state index contributed by atoms with van der Waals surface area (Å²) < 4.78 is 0. The Hall–Kier alpha value is -2.04. The number of rotatable bonds is 1. The van der Waals surface area contributed by atoms with E-state index in [0.717, 1.165) is 54.3 Å². The van der Waals surface area contributed by atoms with Crippen molar-refractivity contribution in [1.29, 1.82) is 0 Å². The van der Waals surface area contributed by atoms with Crippen molar-refractivity contribution in [1.82, 2.24) is 4.90 Å². The second kappa shape index (κ2) is 6.11. The fourth-order valence-electron chi connectivity index (χ4n) is 3.49. The average molecular weight is 342 g/mol. The molecule has 0 aliphatic carbocycles. The molecule has 0 spiro atoms. The second-order valence-corrected chi connectivity index (χ2v) is 7.03. The maximum atomic E-state index is 9.90. The van der Waals surface area contributed by atoms with Crippen molar-refractivity contribution in [2.24, 2.45) is 10.9 Å². The first-order valence-electron chi connectivity index (χ1n) is 8.27. The van der Waals surface area contributed by atoms with Gasteiger partial charge in [0.15, 0.2) is 0 Å². The average Bonchev–Trinajstić information content (AvgIpc) is 2.71. The zero-order valence-corrected chi connectivity index (χ0v) is 14.3. The summed E-state index contributed by atoms with van der Waals surface area (Å²) in [7, 11) is 2.16. The Bertz CT molecular complexity index is 810. The monoisotopic (exact) mass is 341 g/mol. The van der Waals surface area contributed by atoms with Crippen molar-refractivity contribution in [2.75, 3.05) is 25.5 Å². The molecule has 24 heavy (non-hydrogen) atoms. The fraction of sp³-hybridized carbons (Fsp3) is 0.316. The minimum Gasteiger partial charge on any atom is -0.508 e. The minimum absolute atomic E-state index is 0.251. The van der Waals surface area contributed by atoms with E-state index in [-0.39, 0.29) is 5.75 Å². The molecule has 2 aromatic carbocycles. The summed E-state index contributed by atoms with van der Waals surface area (Å²) in [6, 6.07) is 11.1. The van der Waals surface area contributed by atoms with Gasteiger partial charge in [0.25, 0.3) is 0 Å². The molecule has 0 unspecified atom stereocenters. The van der Waals surface area contributed by atoms with Crippen LogP contribution in [-0.2, 0) is 0 Å². The number of phenolic OH excluding ortho intramolecular Hbond substituents is 1. The van der Waals surface area contributed by atoms with Crippen LogP contribution in [0.4, 0.5) is 17.1 Å². The van der Waals surface area contributed by atoms with Crippen LogP contribution < -0.4 is 5.32 Å². The van der Waals surface area contributed by atoms with Crippen molar-refractivity contribution in [3.63, 3.8) is 0 Å². The lowest BCUT2D eigenvalue weighted by Crippen LogP contribution is -2.33. The Morgan fingerprint density at radius 2 is 1.92 bits per heavy atom. The molecular weight excluding hydrogens is 322 g/mol. The molecule has 2 aliphatic heterocycles. The second-order valence-electron chi connectivity index (χ2n) is 6.59. The highest BCUT2D eigenvalue weighted by Gasteiger charge is 2.26. The summed E-state index contributed by atoms with van der Waals surface area (Å²) in [6.45, 7) is 2.15. The van der Waals surface area contributed by atoms with Gasteiger partial charge in [-0.05, 0) is 63.3 Å². The van der Waals surface area contributed by atoms with Gasteiger partial charge in [0, 0.05) is 22.6 Å². The van der Waals surface area contributed by atoms with E-state index in [1.54, 1.807) is 12.1 Å². The molecule has 5 heteroatoms. The topological polar surface area (TPSA) is 47.9 Å². The lowest BCUT2D eigenvalue weighted by molar-refractivity contribution is 0.252. The molecule has 0 atom stereocenters. The van der Waals surface area contributed by atoms with Gasteiger partial charge in [0.2, 0.25) is 0 Å². The van der Waals surface area contributed by atoms with Crippen molar-refractivity contribution >= 4 is 34.4 Å². The van der Waals surface area contributed by atoms with Gasteiger partial charge in [-0.2, -0.15) is 0 Å². The van der Waals surface area contributed by atoms with Crippen LogP contribution in [0.3, 0.4) is 0 Å². The van der Waals surface area contributed by atoms with Gasteiger partial charge in [-0.3, -0.25) is 4.99 Å². The number of aliphatic imine (C=N–C) groups is 1. The van der Waals surface area contributed by atoms with Gasteiger partial charge >= 0.3 is 0 Å². The molecule has 2 N–H and O–H groups in total. The van der Waals surface area contributed by atoms with E-state index in [4.69, 9.17) is 16.6 Å². The van der Waals surface area contributed by atoms with Gasteiger partial charge in [-0.15, -0.1) is 0 Å². The molecule has 0 radical (unpaired) electrons. The molecule has 2 aliphatic rings. The van der Waals surface area contributed by atoms with Crippen LogP contribution in [0.5, 0.6) is 5.75 Å². The third kappa shape index (κ3) is 2.87. The van der Waals surface area contributed by atoms with E-state index in [0.29, 0.717) is 10.9 Å². The van der Waals surface area contributed by atoms with E-state index in [9.17, 15) is 5.11 Å². The number of hydrogen-bond acceptors (Lipinski definition) is 4. The molecule has 124 valence electrons. The Balaban J connectivity index is 1.85. The van der Waals surface area contributed by atoms with E-state index in [2.05, 4.69) is 17.3 Å². The number of hydrogen-bond donors (Lipinski definition) is 2. The predicted molar refractivity (Wildman–Crippen MR) is 99.3 cm³/mol.